The molecule has 1 aromatic carbocycles. The second kappa shape index (κ2) is 5.02. The number of halogens is 1. The van der Waals surface area contributed by atoms with Gasteiger partial charge in [-0.3, -0.25) is 9.69 Å². The number of benzene rings is 1. The molecular formula is C15H18ClNOS. The van der Waals surface area contributed by atoms with Crippen molar-refractivity contribution >= 4 is 35.0 Å². The largest absolute Gasteiger partial charge is 0.296 e. The first-order valence-electron chi connectivity index (χ1n) is 6.83. The van der Waals surface area contributed by atoms with Crippen molar-refractivity contribution in [3.63, 3.8) is 0 Å². The Kier molecular flexibility index (Phi) is 3.52. The van der Waals surface area contributed by atoms with E-state index in [2.05, 4.69) is 6.92 Å². The smallest absolute Gasteiger partial charge is 0.238 e. The second-order valence-electron chi connectivity index (χ2n) is 5.63. The Bertz CT molecular complexity index is 497. The van der Waals surface area contributed by atoms with Crippen LogP contribution in [0.1, 0.15) is 32.6 Å². The fourth-order valence-corrected chi connectivity index (χ4v) is 4.69. The number of anilines is 1. The molecule has 1 saturated heterocycles. The lowest BCUT2D eigenvalue weighted by molar-refractivity contribution is -0.116. The van der Waals surface area contributed by atoms with Gasteiger partial charge in [0.15, 0.2) is 0 Å². The molecule has 0 bridgehead atoms. The summed E-state index contributed by atoms with van der Waals surface area (Å²) in [5, 5.41) is 0.696. The number of carbonyl (C=O) groups is 1. The van der Waals surface area contributed by atoms with E-state index in [4.69, 9.17) is 11.6 Å². The third-order valence-corrected chi connectivity index (χ3v) is 6.00. The van der Waals surface area contributed by atoms with Gasteiger partial charge in [-0.15, -0.1) is 11.8 Å². The third-order valence-electron chi connectivity index (χ3n) is 4.24. The summed E-state index contributed by atoms with van der Waals surface area (Å²) in [7, 11) is 0. The van der Waals surface area contributed by atoms with Crippen LogP contribution in [-0.4, -0.2) is 16.5 Å². The normalized spacial score (nSPS) is 31.2. The quantitative estimate of drug-likeness (QED) is 0.769. The van der Waals surface area contributed by atoms with Gasteiger partial charge in [-0.25, -0.2) is 0 Å². The summed E-state index contributed by atoms with van der Waals surface area (Å²) < 4.78 is 0. The Morgan fingerprint density at radius 3 is 2.79 bits per heavy atom. The Morgan fingerprint density at radius 2 is 2.11 bits per heavy atom. The molecule has 3 rings (SSSR count). The molecule has 1 amide bonds. The van der Waals surface area contributed by atoms with Crippen LogP contribution in [-0.2, 0) is 4.79 Å². The van der Waals surface area contributed by atoms with Gasteiger partial charge in [0, 0.05) is 10.7 Å². The maximum atomic E-state index is 12.3. The Labute approximate surface area is 123 Å². The Balaban J connectivity index is 1.95. The van der Waals surface area contributed by atoms with E-state index in [1.165, 1.54) is 12.8 Å². The first-order chi connectivity index (χ1) is 9.11. The molecule has 19 heavy (non-hydrogen) atoms. The zero-order chi connectivity index (χ0) is 13.5. The van der Waals surface area contributed by atoms with Crippen LogP contribution in [0.15, 0.2) is 24.3 Å². The van der Waals surface area contributed by atoms with Gasteiger partial charge in [-0.2, -0.15) is 0 Å². The highest BCUT2D eigenvalue weighted by atomic mass is 35.5. The maximum Gasteiger partial charge on any atom is 0.238 e. The summed E-state index contributed by atoms with van der Waals surface area (Å²) in [5.41, 5.74) is 0.956. The summed E-state index contributed by atoms with van der Waals surface area (Å²) >= 11 is 7.89. The van der Waals surface area contributed by atoms with Gasteiger partial charge in [0.25, 0.3) is 0 Å². The highest BCUT2D eigenvalue weighted by molar-refractivity contribution is 8.02. The molecule has 0 radical (unpaired) electrons. The average molecular weight is 296 g/mol. The molecule has 2 aliphatic rings. The van der Waals surface area contributed by atoms with Crippen molar-refractivity contribution in [2.45, 2.75) is 37.5 Å². The number of hydrogen-bond donors (Lipinski definition) is 0. The first-order valence-corrected chi connectivity index (χ1v) is 8.20. The lowest BCUT2D eigenvalue weighted by Gasteiger charge is -2.42. The molecule has 1 aliphatic carbocycles. The molecule has 1 heterocycles. The standard InChI is InChI=1S/C15H18ClNOS/c1-11-5-7-15(8-6-11)17(14(18)10-19-15)13-4-2-3-12(16)9-13/h2-4,9,11H,5-8,10H2,1H3. The predicted octanol–water partition coefficient (Wildman–Crippen LogP) is 4.33. The maximum absolute atomic E-state index is 12.3. The Morgan fingerprint density at radius 1 is 1.37 bits per heavy atom. The lowest BCUT2D eigenvalue weighted by Crippen LogP contribution is -2.46. The van der Waals surface area contributed by atoms with E-state index in [1.54, 1.807) is 0 Å². The monoisotopic (exact) mass is 295 g/mol. The minimum atomic E-state index is -0.0196. The highest BCUT2D eigenvalue weighted by Gasteiger charge is 2.48. The van der Waals surface area contributed by atoms with Crippen molar-refractivity contribution in [3.8, 4) is 0 Å². The molecule has 1 aromatic rings. The van der Waals surface area contributed by atoms with E-state index in [-0.39, 0.29) is 10.8 Å². The van der Waals surface area contributed by atoms with E-state index < -0.39 is 0 Å². The minimum Gasteiger partial charge on any atom is -0.296 e. The van der Waals surface area contributed by atoms with Crippen LogP contribution in [0.5, 0.6) is 0 Å². The van der Waals surface area contributed by atoms with E-state index >= 15 is 0 Å². The molecule has 4 heteroatoms. The molecule has 2 nitrogen and oxygen atoms in total. The van der Waals surface area contributed by atoms with Crippen LogP contribution in [0.2, 0.25) is 5.02 Å². The van der Waals surface area contributed by atoms with Crippen molar-refractivity contribution in [1.82, 2.24) is 0 Å². The fourth-order valence-electron chi connectivity index (χ4n) is 3.13. The third kappa shape index (κ3) is 2.38. The minimum absolute atomic E-state index is 0.0196. The molecule has 2 fully saturated rings. The van der Waals surface area contributed by atoms with Crippen molar-refractivity contribution in [2.75, 3.05) is 10.7 Å². The number of amides is 1. The van der Waals surface area contributed by atoms with Crippen LogP contribution >= 0.6 is 23.4 Å². The molecular weight excluding hydrogens is 278 g/mol. The van der Waals surface area contributed by atoms with Crippen LogP contribution < -0.4 is 4.90 Å². The lowest BCUT2D eigenvalue weighted by atomic mass is 9.85. The Hall–Kier alpha value is -0.670. The van der Waals surface area contributed by atoms with Crippen molar-refractivity contribution in [3.05, 3.63) is 29.3 Å². The molecule has 1 spiro atoms. The van der Waals surface area contributed by atoms with E-state index in [0.717, 1.165) is 24.4 Å². The molecule has 1 saturated carbocycles. The summed E-state index contributed by atoms with van der Waals surface area (Å²) in [4.78, 5) is 14.3. The van der Waals surface area contributed by atoms with Gasteiger partial charge < -0.3 is 0 Å². The average Bonchev–Trinajstić information content (AvgIpc) is 2.71. The van der Waals surface area contributed by atoms with Crippen molar-refractivity contribution in [1.29, 1.82) is 0 Å². The van der Waals surface area contributed by atoms with Crippen LogP contribution in [0.3, 0.4) is 0 Å². The number of rotatable bonds is 1. The molecule has 0 unspecified atom stereocenters. The summed E-state index contributed by atoms with van der Waals surface area (Å²) in [6.45, 7) is 2.30. The van der Waals surface area contributed by atoms with E-state index in [1.807, 2.05) is 40.9 Å². The van der Waals surface area contributed by atoms with Gasteiger partial charge >= 0.3 is 0 Å². The molecule has 102 valence electrons. The zero-order valence-corrected chi connectivity index (χ0v) is 12.6. The predicted molar refractivity (Wildman–Crippen MR) is 81.8 cm³/mol. The van der Waals surface area contributed by atoms with Crippen LogP contribution in [0.4, 0.5) is 5.69 Å². The van der Waals surface area contributed by atoms with Crippen molar-refractivity contribution in [2.24, 2.45) is 5.92 Å². The van der Waals surface area contributed by atoms with Gasteiger partial charge in [-0.05, 0) is 49.8 Å². The van der Waals surface area contributed by atoms with Crippen LogP contribution in [0, 0.1) is 5.92 Å². The number of carbonyl (C=O) groups excluding carboxylic acids is 1. The molecule has 0 atom stereocenters. The molecule has 0 aromatic heterocycles. The summed E-state index contributed by atoms with van der Waals surface area (Å²) in [6, 6.07) is 7.68. The number of nitrogens with zero attached hydrogens (tertiary/aromatic N) is 1. The van der Waals surface area contributed by atoms with Gasteiger partial charge in [0.2, 0.25) is 5.91 Å². The second-order valence-corrected chi connectivity index (χ2v) is 7.40. The topological polar surface area (TPSA) is 20.3 Å². The SMILES string of the molecule is CC1CCC2(CC1)SCC(=O)N2c1cccc(Cl)c1. The fraction of sp³-hybridized carbons (Fsp3) is 0.533. The first kappa shape index (κ1) is 13.3. The molecule has 1 aliphatic heterocycles. The van der Waals surface area contributed by atoms with Crippen LogP contribution in [0.25, 0.3) is 0 Å². The van der Waals surface area contributed by atoms with E-state index in [9.17, 15) is 4.79 Å². The van der Waals surface area contributed by atoms with E-state index in [0.29, 0.717) is 10.8 Å². The summed E-state index contributed by atoms with van der Waals surface area (Å²) in [5.74, 6) is 1.60. The molecule has 0 N–H and O–H groups in total. The van der Waals surface area contributed by atoms with Gasteiger partial charge in [0.1, 0.15) is 0 Å². The van der Waals surface area contributed by atoms with Gasteiger partial charge in [-0.1, -0.05) is 24.6 Å². The highest BCUT2D eigenvalue weighted by Crippen LogP contribution is 2.50. The number of thioether (sulfide) groups is 1. The summed E-state index contributed by atoms with van der Waals surface area (Å²) in [6.07, 6.45) is 4.60. The van der Waals surface area contributed by atoms with Crippen molar-refractivity contribution < 1.29 is 4.79 Å². The van der Waals surface area contributed by atoms with Gasteiger partial charge in [0.05, 0.1) is 10.6 Å². The zero-order valence-electron chi connectivity index (χ0n) is 11.1. The number of hydrogen-bond acceptors (Lipinski definition) is 2.